The molecule has 1 aromatic carbocycles. The Morgan fingerprint density at radius 1 is 1.22 bits per heavy atom. The molecule has 1 aromatic rings. The van der Waals surface area contributed by atoms with E-state index in [4.69, 9.17) is 10.2 Å². The molecular weight excluding hydrogens is 329 g/mol. The number of hydrogen-bond acceptors (Lipinski definition) is 4. The smallest absolute Gasteiger partial charge is 0.246 e. The number of sulfonamides is 1. The number of aliphatic hydroxyl groups is 2. The molecule has 102 valence electrons. The van der Waals surface area contributed by atoms with Gasteiger partial charge in [0.05, 0.1) is 13.2 Å². The van der Waals surface area contributed by atoms with E-state index in [9.17, 15) is 12.8 Å². The van der Waals surface area contributed by atoms with Crippen LogP contribution in [0, 0.1) is 5.82 Å². The molecule has 1 rings (SSSR count). The van der Waals surface area contributed by atoms with Gasteiger partial charge in [0, 0.05) is 17.6 Å². The third kappa shape index (κ3) is 3.48. The highest BCUT2D eigenvalue weighted by molar-refractivity contribution is 9.10. The molecule has 0 amide bonds. The van der Waals surface area contributed by atoms with E-state index >= 15 is 0 Å². The summed E-state index contributed by atoms with van der Waals surface area (Å²) in [6.45, 7) is -1.20. The SMILES string of the molecule is O=S(=O)(c1ccc(Br)cc1F)N(CCO)CCO. The molecule has 0 aliphatic carbocycles. The summed E-state index contributed by atoms with van der Waals surface area (Å²) in [4.78, 5) is -0.479. The molecule has 8 heteroatoms. The summed E-state index contributed by atoms with van der Waals surface area (Å²) in [5, 5.41) is 17.6. The normalized spacial score (nSPS) is 12.1. The summed E-state index contributed by atoms with van der Waals surface area (Å²) in [6.07, 6.45) is 0. The van der Waals surface area contributed by atoms with Gasteiger partial charge in [-0.05, 0) is 18.2 Å². The largest absolute Gasteiger partial charge is 0.395 e. The third-order valence-corrected chi connectivity index (χ3v) is 4.64. The van der Waals surface area contributed by atoms with Gasteiger partial charge in [-0.3, -0.25) is 0 Å². The highest BCUT2D eigenvalue weighted by Crippen LogP contribution is 2.22. The van der Waals surface area contributed by atoms with Crippen molar-refractivity contribution in [3.8, 4) is 0 Å². The Hall–Kier alpha value is -0.540. The first kappa shape index (κ1) is 15.5. The van der Waals surface area contributed by atoms with E-state index < -0.39 is 33.9 Å². The van der Waals surface area contributed by atoms with Crippen molar-refractivity contribution in [1.29, 1.82) is 0 Å². The number of aliphatic hydroxyl groups excluding tert-OH is 2. The van der Waals surface area contributed by atoms with Gasteiger partial charge in [0.2, 0.25) is 10.0 Å². The van der Waals surface area contributed by atoms with Crippen LogP contribution in [0.3, 0.4) is 0 Å². The average molecular weight is 342 g/mol. The van der Waals surface area contributed by atoms with Crippen molar-refractivity contribution in [1.82, 2.24) is 4.31 Å². The molecule has 0 aromatic heterocycles. The highest BCUT2D eigenvalue weighted by Gasteiger charge is 2.26. The number of halogens is 2. The van der Waals surface area contributed by atoms with E-state index in [0.29, 0.717) is 4.47 Å². The van der Waals surface area contributed by atoms with Crippen LogP contribution in [0.25, 0.3) is 0 Å². The van der Waals surface area contributed by atoms with Crippen molar-refractivity contribution >= 4 is 26.0 Å². The van der Waals surface area contributed by atoms with Gasteiger partial charge in [-0.25, -0.2) is 12.8 Å². The molecule has 0 heterocycles. The first-order valence-corrected chi connectivity index (χ1v) is 7.33. The fourth-order valence-corrected chi connectivity index (χ4v) is 3.20. The number of rotatable bonds is 6. The first-order valence-electron chi connectivity index (χ1n) is 5.10. The molecule has 5 nitrogen and oxygen atoms in total. The van der Waals surface area contributed by atoms with Gasteiger partial charge >= 0.3 is 0 Å². The lowest BCUT2D eigenvalue weighted by atomic mass is 10.3. The summed E-state index contributed by atoms with van der Waals surface area (Å²) in [5.41, 5.74) is 0. The number of benzene rings is 1. The Bertz CT molecular complexity index is 503. The second kappa shape index (κ2) is 6.58. The molecular formula is C10H13BrFNO4S. The Morgan fingerprint density at radius 2 is 1.78 bits per heavy atom. The summed E-state index contributed by atoms with van der Waals surface area (Å²) < 4.78 is 39.1. The Kier molecular flexibility index (Phi) is 5.67. The lowest BCUT2D eigenvalue weighted by molar-refractivity contribution is 0.217. The second-order valence-electron chi connectivity index (χ2n) is 3.43. The van der Waals surface area contributed by atoms with Crippen molar-refractivity contribution < 1.29 is 23.0 Å². The van der Waals surface area contributed by atoms with Crippen molar-refractivity contribution in [2.24, 2.45) is 0 Å². The van der Waals surface area contributed by atoms with Crippen molar-refractivity contribution in [2.45, 2.75) is 4.90 Å². The van der Waals surface area contributed by atoms with Crippen LogP contribution in [0.5, 0.6) is 0 Å². The van der Waals surface area contributed by atoms with Crippen LogP contribution in [0.4, 0.5) is 4.39 Å². The zero-order valence-corrected chi connectivity index (χ0v) is 11.8. The van der Waals surface area contributed by atoms with Crippen LogP contribution in [0.2, 0.25) is 0 Å². The van der Waals surface area contributed by atoms with Gasteiger partial charge in [-0.1, -0.05) is 15.9 Å². The Balaban J connectivity index is 3.17. The van der Waals surface area contributed by atoms with E-state index in [2.05, 4.69) is 15.9 Å². The molecule has 0 bridgehead atoms. The second-order valence-corrected chi connectivity index (χ2v) is 6.25. The molecule has 0 atom stereocenters. The molecule has 0 saturated carbocycles. The zero-order chi connectivity index (χ0) is 13.8. The topological polar surface area (TPSA) is 77.8 Å². The third-order valence-electron chi connectivity index (χ3n) is 2.21. The average Bonchev–Trinajstić information content (AvgIpc) is 2.28. The van der Waals surface area contributed by atoms with Crippen LogP contribution in [0.1, 0.15) is 0 Å². The highest BCUT2D eigenvalue weighted by atomic mass is 79.9. The van der Waals surface area contributed by atoms with Crippen LogP contribution in [-0.4, -0.2) is 49.2 Å². The predicted octanol–water partition coefficient (Wildman–Crippen LogP) is 0.564. The molecule has 0 fully saturated rings. The molecule has 0 aliphatic heterocycles. The predicted molar refractivity (Wildman–Crippen MR) is 67.0 cm³/mol. The lowest BCUT2D eigenvalue weighted by Crippen LogP contribution is -2.36. The summed E-state index contributed by atoms with van der Waals surface area (Å²) in [7, 11) is -4.06. The van der Waals surface area contributed by atoms with Gasteiger partial charge < -0.3 is 10.2 Å². The van der Waals surface area contributed by atoms with E-state index in [-0.39, 0.29) is 13.1 Å². The van der Waals surface area contributed by atoms with E-state index in [0.717, 1.165) is 16.4 Å². The molecule has 2 N–H and O–H groups in total. The van der Waals surface area contributed by atoms with E-state index in [1.165, 1.54) is 6.07 Å². The van der Waals surface area contributed by atoms with Gasteiger partial charge in [0.15, 0.2) is 0 Å². The fourth-order valence-electron chi connectivity index (χ4n) is 1.40. The molecule has 0 unspecified atom stereocenters. The minimum atomic E-state index is -4.06. The molecule has 0 aliphatic rings. The molecule has 0 saturated heterocycles. The summed E-state index contributed by atoms with van der Waals surface area (Å²) in [6, 6.07) is 3.59. The van der Waals surface area contributed by atoms with Crippen molar-refractivity contribution in [3.63, 3.8) is 0 Å². The molecule has 0 spiro atoms. The maximum absolute atomic E-state index is 13.6. The Labute approximate surface area is 113 Å². The van der Waals surface area contributed by atoms with Crippen LogP contribution in [-0.2, 0) is 10.0 Å². The van der Waals surface area contributed by atoms with Crippen LogP contribution in [0.15, 0.2) is 27.6 Å². The van der Waals surface area contributed by atoms with Gasteiger partial charge in [-0.15, -0.1) is 0 Å². The van der Waals surface area contributed by atoms with E-state index in [1.807, 2.05) is 0 Å². The van der Waals surface area contributed by atoms with Crippen LogP contribution < -0.4 is 0 Å². The molecule has 18 heavy (non-hydrogen) atoms. The zero-order valence-electron chi connectivity index (χ0n) is 9.38. The fraction of sp³-hybridized carbons (Fsp3) is 0.400. The summed E-state index contributed by atoms with van der Waals surface area (Å²) >= 11 is 3.03. The lowest BCUT2D eigenvalue weighted by Gasteiger charge is -2.20. The van der Waals surface area contributed by atoms with Crippen molar-refractivity contribution in [3.05, 3.63) is 28.5 Å². The first-order chi connectivity index (χ1) is 8.43. The van der Waals surface area contributed by atoms with E-state index in [1.54, 1.807) is 0 Å². The maximum atomic E-state index is 13.6. The number of nitrogens with zero attached hydrogens (tertiary/aromatic N) is 1. The minimum Gasteiger partial charge on any atom is -0.395 e. The van der Waals surface area contributed by atoms with Crippen LogP contribution >= 0.6 is 15.9 Å². The maximum Gasteiger partial charge on any atom is 0.246 e. The molecule has 0 radical (unpaired) electrons. The van der Waals surface area contributed by atoms with Gasteiger partial charge in [0.25, 0.3) is 0 Å². The minimum absolute atomic E-state index is 0.196. The Morgan fingerprint density at radius 3 is 2.22 bits per heavy atom. The van der Waals surface area contributed by atoms with Crippen molar-refractivity contribution in [2.75, 3.05) is 26.3 Å². The summed E-state index contributed by atoms with van der Waals surface area (Å²) in [5.74, 6) is -0.884. The van der Waals surface area contributed by atoms with Gasteiger partial charge in [0.1, 0.15) is 10.7 Å². The monoisotopic (exact) mass is 341 g/mol. The number of hydrogen-bond donors (Lipinski definition) is 2. The quantitative estimate of drug-likeness (QED) is 0.792. The standard InChI is InChI=1S/C10H13BrFNO4S/c11-8-1-2-10(9(12)7-8)18(16,17)13(3-5-14)4-6-15/h1-2,7,14-15H,3-6H2. The van der Waals surface area contributed by atoms with Gasteiger partial charge in [-0.2, -0.15) is 4.31 Å².